The fourth-order valence-electron chi connectivity index (χ4n) is 4.27. The normalized spacial score (nSPS) is 19.5. The fourth-order valence-corrected chi connectivity index (χ4v) is 6.27. The van der Waals surface area contributed by atoms with Gasteiger partial charge >= 0.3 is 0 Å². The molecular formula is C22H22F3N3O5S. The zero-order valence-electron chi connectivity index (χ0n) is 18.6. The second-order valence-electron chi connectivity index (χ2n) is 9.22. The molecule has 1 N–H and O–H groups in total. The largest absolute Gasteiger partial charge is 0.472 e. The number of aromatic nitrogens is 1. The summed E-state index contributed by atoms with van der Waals surface area (Å²) in [5.41, 5.74) is -1.27. The van der Waals surface area contributed by atoms with E-state index in [1.54, 1.807) is 20.8 Å². The maximum absolute atomic E-state index is 14.7. The number of hydrogen-bond acceptors (Lipinski definition) is 6. The molecule has 34 heavy (non-hydrogen) atoms. The Morgan fingerprint density at radius 2 is 1.88 bits per heavy atom. The predicted octanol–water partition coefficient (Wildman–Crippen LogP) is 2.74. The molecule has 0 aliphatic carbocycles. The van der Waals surface area contributed by atoms with Crippen molar-refractivity contribution in [2.24, 2.45) is 0 Å². The molecule has 1 saturated heterocycles. The molecule has 4 rings (SSSR count). The Bertz CT molecular complexity index is 1280. The number of benzene rings is 1. The summed E-state index contributed by atoms with van der Waals surface area (Å²) in [6.45, 7) is 3.92. The van der Waals surface area contributed by atoms with E-state index in [2.05, 4.69) is 10.3 Å². The minimum absolute atomic E-state index is 0.161. The number of anilines is 2. The average molecular weight is 497 g/mol. The van der Waals surface area contributed by atoms with Crippen LogP contribution in [0.3, 0.4) is 0 Å². The number of hydrogen-bond donors (Lipinski definition) is 1. The van der Waals surface area contributed by atoms with Crippen LogP contribution in [-0.2, 0) is 20.0 Å². The van der Waals surface area contributed by atoms with E-state index >= 15 is 0 Å². The van der Waals surface area contributed by atoms with E-state index in [1.807, 2.05) is 0 Å². The van der Waals surface area contributed by atoms with Crippen molar-refractivity contribution < 1.29 is 35.9 Å². The van der Waals surface area contributed by atoms with Gasteiger partial charge in [-0.25, -0.2) is 26.6 Å². The van der Waals surface area contributed by atoms with E-state index < -0.39 is 51.5 Å². The fraction of sp³-hybridized carbons (Fsp3) is 0.409. The highest BCUT2D eigenvalue weighted by molar-refractivity contribution is 7.93. The lowest BCUT2D eigenvalue weighted by molar-refractivity contribution is -0.121. The Morgan fingerprint density at radius 1 is 1.21 bits per heavy atom. The third-order valence-electron chi connectivity index (χ3n) is 5.81. The van der Waals surface area contributed by atoms with Gasteiger partial charge in [0.25, 0.3) is 12.3 Å². The lowest BCUT2D eigenvalue weighted by Gasteiger charge is -2.38. The van der Waals surface area contributed by atoms with Gasteiger partial charge in [-0.05, 0) is 44.5 Å². The Hall–Kier alpha value is -3.15. The first-order valence-corrected chi connectivity index (χ1v) is 12.1. The minimum atomic E-state index is -3.17. The Kier molecular flexibility index (Phi) is 5.62. The van der Waals surface area contributed by atoms with E-state index in [4.69, 9.17) is 4.74 Å². The van der Waals surface area contributed by atoms with Crippen LogP contribution in [0.1, 0.15) is 36.7 Å². The summed E-state index contributed by atoms with van der Waals surface area (Å²) in [4.78, 5) is 30.8. The van der Waals surface area contributed by atoms with Gasteiger partial charge in [-0.15, -0.1) is 0 Å². The van der Waals surface area contributed by atoms with Crippen LogP contribution in [0.15, 0.2) is 30.5 Å². The van der Waals surface area contributed by atoms with Crippen LogP contribution in [0.25, 0.3) is 0 Å². The van der Waals surface area contributed by atoms with Gasteiger partial charge in [0.15, 0.2) is 22.3 Å². The first kappa shape index (κ1) is 24.0. The molecule has 1 aromatic carbocycles. The molecule has 0 atom stereocenters. The maximum atomic E-state index is 14.7. The summed E-state index contributed by atoms with van der Waals surface area (Å²) < 4.78 is 67.5. The molecule has 3 heterocycles. The second kappa shape index (κ2) is 7.97. The lowest BCUT2D eigenvalue weighted by Crippen LogP contribution is -2.63. The quantitative estimate of drug-likeness (QED) is 0.658. The molecule has 1 aromatic heterocycles. The van der Waals surface area contributed by atoms with Crippen LogP contribution in [0.2, 0.25) is 0 Å². The number of rotatable bonds is 6. The molecule has 1 fully saturated rings. The van der Waals surface area contributed by atoms with Crippen molar-refractivity contribution in [3.63, 3.8) is 0 Å². The average Bonchev–Trinajstić information content (AvgIpc) is 2.91. The molecule has 0 radical (unpaired) electrons. The third-order valence-corrected chi connectivity index (χ3v) is 7.97. The molecule has 8 nitrogen and oxygen atoms in total. The number of ether oxygens (including phenoxy) is 1. The summed E-state index contributed by atoms with van der Waals surface area (Å²) in [7, 11) is -3.17. The molecule has 12 heteroatoms. The van der Waals surface area contributed by atoms with Gasteiger partial charge in [0.2, 0.25) is 11.8 Å². The Morgan fingerprint density at radius 3 is 2.50 bits per heavy atom. The molecular weight excluding hydrogens is 475 g/mol. The molecule has 0 unspecified atom stereocenters. The van der Waals surface area contributed by atoms with Crippen LogP contribution >= 0.6 is 0 Å². The van der Waals surface area contributed by atoms with Gasteiger partial charge in [-0.1, -0.05) is 0 Å². The first-order valence-electron chi connectivity index (χ1n) is 10.3. The maximum Gasteiger partial charge on any atom is 0.272 e. The van der Waals surface area contributed by atoms with Crippen LogP contribution in [0.4, 0.5) is 24.5 Å². The van der Waals surface area contributed by atoms with Gasteiger partial charge in [-0.2, -0.15) is 0 Å². The Labute approximate surface area is 194 Å². The van der Waals surface area contributed by atoms with Gasteiger partial charge in [0.05, 0.1) is 40.0 Å². The molecule has 2 aliphatic rings. The van der Waals surface area contributed by atoms with Crippen molar-refractivity contribution in [3.05, 3.63) is 47.4 Å². The molecule has 0 bridgehead atoms. The van der Waals surface area contributed by atoms with Gasteiger partial charge in [-0.3, -0.25) is 14.5 Å². The summed E-state index contributed by atoms with van der Waals surface area (Å²) in [6.07, 6.45) is -1.97. The SMILES string of the molecule is CC1(NC(=O)c2ccc3c(c2)C(C)(C)C(=O)N3c2cc(OCC(F)F)ncc2F)CS(=O)(=O)C1. The number of halogens is 3. The number of fused-ring (bicyclic) bond motifs is 1. The predicted molar refractivity (Wildman–Crippen MR) is 117 cm³/mol. The van der Waals surface area contributed by atoms with E-state index in [0.29, 0.717) is 11.3 Å². The molecule has 182 valence electrons. The van der Waals surface area contributed by atoms with Gasteiger partial charge in [0.1, 0.15) is 0 Å². The highest BCUT2D eigenvalue weighted by Gasteiger charge is 2.47. The van der Waals surface area contributed by atoms with E-state index in [-0.39, 0.29) is 28.6 Å². The van der Waals surface area contributed by atoms with Crippen LogP contribution < -0.4 is 15.0 Å². The summed E-state index contributed by atoms with van der Waals surface area (Å²) in [5, 5.41) is 2.71. The second-order valence-corrected chi connectivity index (χ2v) is 11.3. The van der Waals surface area contributed by atoms with E-state index in [0.717, 1.165) is 17.2 Å². The number of amides is 2. The number of pyridine rings is 1. The van der Waals surface area contributed by atoms with Crippen molar-refractivity contribution in [2.75, 3.05) is 23.0 Å². The lowest BCUT2D eigenvalue weighted by atomic mass is 9.85. The smallest absolute Gasteiger partial charge is 0.272 e. The number of nitrogens with zero attached hydrogens (tertiary/aromatic N) is 2. The summed E-state index contributed by atoms with van der Waals surface area (Å²) in [6, 6.07) is 5.50. The molecule has 2 aromatic rings. The number of alkyl halides is 2. The standard InChI is InChI=1S/C22H22F3N3O5S/c1-21(2)13-6-12(19(29)27-22(3)10-34(31,32)11-22)4-5-15(13)28(20(21)30)16-7-18(26-8-14(16)23)33-9-17(24)25/h4-8,17H,9-11H2,1-3H3,(H,27,29). The zero-order valence-corrected chi connectivity index (χ0v) is 19.4. The summed E-state index contributed by atoms with van der Waals surface area (Å²) >= 11 is 0. The summed E-state index contributed by atoms with van der Waals surface area (Å²) in [5.74, 6) is -2.45. The van der Waals surface area contributed by atoms with E-state index in [1.165, 1.54) is 18.2 Å². The third kappa shape index (κ3) is 4.22. The van der Waals surface area contributed by atoms with Crippen LogP contribution in [0, 0.1) is 5.82 Å². The first-order chi connectivity index (χ1) is 15.7. The topological polar surface area (TPSA) is 106 Å². The van der Waals surface area contributed by atoms with Crippen molar-refractivity contribution >= 4 is 33.0 Å². The number of nitrogens with one attached hydrogen (secondary N) is 1. The number of carbonyl (C=O) groups is 2. The van der Waals surface area contributed by atoms with Gasteiger partial charge in [0, 0.05) is 11.6 Å². The molecule has 0 spiro atoms. The van der Waals surface area contributed by atoms with Crippen molar-refractivity contribution in [3.8, 4) is 5.88 Å². The molecule has 0 saturated carbocycles. The van der Waals surface area contributed by atoms with Crippen molar-refractivity contribution in [1.29, 1.82) is 0 Å². The van der Waals surface area contributed by atoms with Gasteiger partial charge < -0.3 is 10.1 Å². The molecule has 2 amide bonds. The van der Waals surface area contributed by atoms with Crippen molar-refractivity contribution in [1.82, 2.24) is 10.3 Å². The number of carbonyl (C=O) groups excluding carboxylic acids is 2. The van der Waals surface area contributed by atoms with Crippen LogP contribution in [0.5, 0.6) is 5.88 Å². The molecule has 2 aliphatic heterocycles. The highest BCUT2D eigenvalue weighted by Crippen LogP contribution is 2.46. The van der Waals surface area contributed by atoms with Crippen molar-refractivity contribution in [2.45, 2.75) is 38.2 Å². The zero-order chi connectivity index (χ0) is 25.1. The van der Waals surface area contributed by atoms with Crippen LogP contribution in [-0.4, -0.2) is 55.3 Å². The van der Waals surface area contributed by atoms with E-state index in [9.17, 15) is 31.2 Å². The Balaban J connectivity index is 1.67. The number of sulfone groups is 1. The minimum Gasteiger partial charge on any atom is -0.472 e. The monoisotopic (exact) mass is 497 g/mol. The highest BCUT2D eigenvalue weighted by atomic mass is 32.2.